The first kappa shape index (κ1) is 12.3. The number of aromatic nitrogens is 3. The van der Waals surface area contributed by atoms with E-state index in [1.165, 1.54) is 0 Å². The summed E-state index contributed by atoms with van der Waals surface area (Å²) in [6.45, 7) is 0.654. The molecule has 4 nitrogen and oxygen atoms in total. The van der Waals surface area contributed by atoms with Gasteiger partial charge in [-0.1, -0.05) is 30.3 Å². The van der Waals surface area contributed by atoms with Gasteiger partial charge in [-0.3, -0.25) is 14.5 Å². The van der Waals surface area contributed by atoms with Gasteiger partial charge in [0.15, 0.2) is 0 Å². The van der Waals surface area contributed by atoms with E-state index >= 15 is 0 Å². The van der Waals surface area contributed by atoms with Crippen molar-refractivity contribution >= 4 is 5.78 Å². The predicted molar refractivity (Wildman–Crippen MR) is 75.4 cm³/mol. The molecule has 0 N–H and O–H groups in total. The second-order valence-corrected chi connectivity index (χ2v) is 4.45. The Kier molecular flexibility index (Phi) is 3.37. The Morgan fingerprint density at radius 2 is 1.90 bits per heavy atom. The largest absolute Gasteiger partial charge is 0.287 e. The van der Waals surface area contributed by atoms with Gasteiger partial charge in [0.05, 0.1) is 6.54 Å². The number of carbonyl (C=O) groups excluding carboxylic acids is 1. The van der Waals surface area contributed by atoms with Crippen LogP contribution in [0.3, 0.4) is 0 Å². The van der Waals surface area contributed by atoms with E-state index < -0.39 is 0 Å². The molecule has 0 aliphatic heterocycles. The van der Waals surface area contributed by atoms with E-state index in [2.05, 4.69) is 10.1 Å². The van der Waals surface area contributed by atoms with E-state index in [4.69, 9.17) is 0 Å². The van der Waals surface area contributed by atoms with Crippen molar-refractivity contribution in [3.8, 4) is 0 Å². The van der Waals surface area contributed by atoms with Gasteiger partial charge in [0.2, 0.25) is 5.78 Å². The first-order valence-corrected chi connectivity index (χ1v) is 6.35. The van der Waals surface area contributed by atoms with E-state index in [9.17, 15) is 4.79 Å². The van der Waals surface area contributed by atoms with Gasteiger partial charge in [-0.05, 0) is 23.8 Å². The SMILES string of the molecule is O=C(c1cccnc1)c1ccn(Cc2ccccc2)n1. The zero-order valence-electron chi connectivity index (χ0n) is 10.8. The first-order chi connectivity index (χ1) is 9.83. The van der Waals surface area contributed by atoms with Crippen LogP contribution in [0.4, 0.5) is 0 Å². The van der Waals surface area contributed by atoms with E-state index in [0.29, 0.717) is 17.8 Å². The lowest BCUT2D eigenvalue weighted by Gasteiger charge is -2.01. The number of hydrogen-bond acceptors (Lipinski definition) is 3. The van der Waals surface area contributed by atoms with Crippen LogP contribution in [0.25, 0.3) is 0 Å². The van der Waals surface area contributed by atoms with Crippen LogP contribution in [0.15, 0.2) is 67.1 Å². The molecule has 0 spiro atoms. The Bertz CT molecular complexity index is 705. The van der Waals surface area contributed by atoms with Crippen LogP contribution in [0.2, 0.25) is 0 Å². The third-order valence-electron chi connectivity index (χ3n) is 2.98. The summed E-state index contributed by atoms with van der Waals surface area (Å²) in [5.41, 5.74) is 2.14. The molecule has 0 aliphatic rings. The Labute approximate surface area is 116 Å². The average molecular weight is 263 g/mol. The molecule has 0 amide bonds. The smallest absolute Gasteiger partial charge is 0.214 e. The molecule has 0 atom stereocenters. The fourth-order valence-electron chi connectivity index (χ4n) is 1.99. The fourth-order valence-corrected chi connectivity index (χ4v) is 1.99. The summed E-state index contributed by atoms with van der Waals surface area (Å²) in [5, 5.41) is 4.32. The molecule has 0 bridgehead atoms. The number of hydrogen-bond donors (Lipinski definition) is 0. The van der Waals surface area contributed by atoms with E-state index in [1.807, 2.05) is 36.5 Å². The van der Waals surface area contributed by atoms with E-state index in [1.54, 1.807) is 35.3 Å². The lowest BCUT2D eigenvalue weighted by molar-refractivity contribution is 0.103. The predicted octanol–water partition coefficient (Wildman–Crippen LogP) is 2.56. The highest BCUT2D eigenvalue weighted by atomic mass is 16.1. The third-order valence-corrected chi connectivity index (χ3v) is 2.98. The van der Waals surface area contributed by atoms with Gasteiger partial charge >= 0.3 is 0 Å². The van der Waals surface area contributed by atoms with Gasteiger partial charge in [0.25, 0.3) is 0 Å². The second kappa shape index (κ2) is 5.48. The summed E-state index contributed by atoms with van der Waals surface area (Å²) in [6.07, 6.45) is 5.01. The van der Waals surface area contributed by atoms with Crippen LogP contribution in [0.1, 0.15) is 21.6 Å². The van der Waals surface area contributed by atoms with Crippen LogP contribution in [-0.2, 0) is 6.54 Å². The van der Waals surface area contributed by atoms with Gasteiger partial charge in [-0.25, -0.2) is 0 Å². The second-order valence-electron chi connectivity index (χ2n) is 4.45. The van der Waals surface area contributed by atoms with Crippen LogP contribution >= 0.6 is 0 Å². The fraction of sp³-hybridized carbons (Fsp3) is 0.0625. The molecule has 0 aliphatic carbocycles. The van der Waals surface area contributed by atoms with Crippen molar-refractivity contribution in [2.75, 3.05) is 0 Å². The van der Waals surface area contributed by atoms with Gasteiger partial charge in [0, 0.05) is 24.2 Å². The highest BCUT2D eigenvalue weighted by Crippen LogP contribution is 2.08. The van der Waals surface area contributed by atoms with Gasteiger partial charge < -0.3 is 0 Å². The summed E-state index contributed by atoms with van der Waals surface area (Å²) in [5.74, 6) is -0.107. The molecule has 0 unspecified atom stereocenters. The lowest BCUT2D eigenvalue weighted by atomic mass is 10.1. The van der Waals surface area contributed by atoms with Crippen LogP contribution in [0, 0.1) is 0 Å². The number of pyridine rings is 1. The summed E-state index contributed by atoms with van der Waals surface area (Å²) < 4.78 is 1.76. The molecule has 98 valence electrons. The van der Waals surface area contributed by atoms with E-state index in [-0.39, 0.29) is 5.78 Å². The molecule has 0 radical (unpaired) electrons. The molecule has 3 aromatic rings. The average Bonchev–Trinajstić information content (AvgIpc) is 2.97. The molecule has 0 saturated carbocycles. The summed E-state index contributed by atoms with van der Waals surface area (Å²) in [6, 6.07) is 15.2. The molecular weight excluding hydrogens is 250 g/mol. The molecule has 2 heterocycles. The minimum atomic E-state index is -0.107. The number of ketones is 1. The number of benzene rings is 1. The van der Waals surface area contributed by atoms with Crippen molar-refractivity contribution in [3.63, 3.8) is 0 Å². The van der Waals surface area contributed by atoms with Crippen LogP contribution in [0.5, 0.6) is 0 Å². The Hall–Kier alpha value is -2.75. The zero-order valence-corrected chi connectivity index (χ0v) is 10.8. The molecule has 4 heteroatoms. The van der Waals surface area contributed by atoms with Crippen molar-refractivity contribution in [2.45, 2.75) is 6.54 Å². The highest BCUT2D eigenvalue weighted by molar-refractivity contribution is 6.07. The number of carbonyl (C=O) groups is 1. The quantitative estimate of drug-likeness (QED) is 0.680. The molecule has 1 aromatic carbocycles. The number of nitrogens with zero attached hydrogens (tertiary/aromatic N) is 3. The third kappa shape index (κ3) is 2.64. The minimum Gasteiger partial charge on any atom is -0.287 e. The van der Waals surface area contributed by atoms with Crippen LogP contribution in [-0.4, -0.2) is 20.5 Å². The highest BCUT2D eigenvalue weighted by Gasteiger charge is 2.12. The lowest BCUT2D eigenvalue weighted by Crippen LogP contribution is -2.06. The van der Waals surface area contributed by atoms with Crippen molar-refractivity contribution in [1.29, 1.82) is 0 Å². The Morgan fingerprint density at radius 3 is 2.65 bits per heavy atom. The maximum Gasteiger partial charge on any atom is 0.214 e. The molecule has 3 rings (SSSR count). The molecule has 0 saturated heterocycles. The van der Waals surface area contributed by atoms with Gasteiger partial charge in [-0.2, -0.15) is 5.10 Å². The topological polar surface area (TPSA) is 47.8 Å². The first-order valence-electron chi connectivity index (χ1n) is 6.35. The maximum atomic E-state index is 12.2. The van der Waals surface area contributed by atoms with Crippen molar-refractivity contribution in [3.05, 3.63) is 83.9 Å². The number of rotatable bonds is 4. The summed E-state index contributed by atoms with van der Waals surface area (Å²) in [4.78, 5) is 16.1. The Morgan fingerprint density at radius 1 is 1.05 bits per heavy atom. The Balaban J connectivity index is 1.79. The van der Waals surface area contributed by atoms with E-state index in [0.717, 1.165) is 5.56 Å². The summed E-state index contributed by atoms with van der Waals surface area (Å²) in [7, 11) is 0. The standard InChI is InChI=1S/C16H13N3O/c20-16(14-7-4-9-17-11-14)15-8-10-19(18-15)12-13-5-2-1-3-6-13/h1-11H,12H2. The normalized spacial score (nSPS) is 10.4. The molecule has 20 heavy (non-hydrogen) atoms. The van der Waals surface area contributed by atoms with Crippen LogP contribution < -0.4 is 0 Å². The summed E-state index contributed by atoms with van der Waals surface area (Å²) >= 11 is 0. The van der Waals surface area contributed by atoms with Crippen molar-refractivity contribution in [1.82, 2.24) is 14.8 Å². The zero-order chi connectivity index (χ0) is 13.8. The maximum absolute atomic E-state index is 12.2. The van der Waals surface area contributed by atoms with Gasteiger partial charge in [-0.15, -0.1) is 0 Å². The van der Waals surface area contributed by atoms with Gasteiger partial charge in [0.1, 0.15) is 5.69 Å². The molecule has 0 fully saturated rings. The van der Waals surface area contributed by atoms with Crippen molar-refractivity contribution < 1.29 is 4.79 Å². The molecular formula is C16H13N3O. The molecule has 2 aromatic heterocycles. The van der Waals surface area contributed by atoms with Crippen molar-refractivity contribution in [2.24, 2.45) is 0 Å². The minimum absolute atomic E-state index is 0.107. The monoisotopic (exact) mass is 263 g/mol.